The molecule has 3 aromatic rings. The number of nitrogens with one attached hydrogen (secondary N) is 1. The lowest BCUT2D eigenvalue weighted by Gasteiger charge is -2.26. The van der Waals surface area contributed by atoms with Crippen molar-refractivity contribution in [1.29, 1.82) is 0 Å². The van der Waals surface area contributed by atoms with Crippen LogP contribution in [0.15, 0.2) is 53.0 Å². The standard InChI is InChI=1S/C21H23BrN2/c22-18-10-7-11-19-20(18)17(12-15-24-13-5-2-6-14-24)21(23-19)16-8-3-1-4-9-16/h1,3-4,7-11,23H,2,5-6,12-15H2. The summed E-state index contributed by atoms with van der Waals surface area (Å²) >= 11 is 3.77. The van der Waals surface area contributed by atoms with E-state index in [1.807, 2.05) is 0 Å². The molecular weight excluding hydrogens is 360 g/mol. The predicted octanol–water partition coefficient (Wildman–Crippen LogP) is 5.63. The van der Waals surface area contributed by atoms with Crippen LogP contribution in [0.1, 0.15) is 24.8 Å². The van der Waals surface area contributed by atoms with E-state index >= 15 is 0 Å². The predicted molar refractivity (Wildman–Crippen MR) is 105 cm³/mol. The van der Waals surface area contributed by atoms with Gasteiger partial charge in [0.05, 0.1) is 0 Å². The van der Waals surface area contributed by atoms with Crippen molar-refractivity contribution >= 4 is 26.8 Å². The van der Waals surface area contributed by atoms with E-state index in [4.69, 9.17) is 0 Å². The summed E-state index contributed by atoms with van der Waals surface area (Å²) in [6, 6.07) is 17.1. The molecule has 0 unspecified atom stereocenters. The van der Waals surface area contributed by atoms with Gasteiger partial charge in [0.2, 0.25) is 0 Å². The van der Waals surface area contributed by atoms with Gasteiger partial charge in [0.25, 0.3) is 0 Å². The summed E-state index contributed by atoms with van der Waals surface area (Å²) in [5.41, 5.74) is 5.20. The molecule has 1 N–H and O–H groups in total. The monoisotopic (exact) mass is 382 g/mol. The average Bonchev–Trinajstić information content (AvgIpc) is 3.01. The van der Waals surface area contributed by atoms with E-state index in [0.717, 1.165) is 13.0 Å². The van der Waals surface area contributed by atoms with Gasteiger partial charge in [-0.1, -0.05) is 58.7 Å². The number of hydrogen-bond donors (Lipinski definition) is 1. The van der Waals surface area contributed by atoms with Crippen LogP contribution in [-0.2, 0) is 6.42 Å². The Bertz CT molecular complexity index is 816. The molecule has 0 bridgehead atoms. The summed E-state index contributed by atoms with van der Waals surface area (Å²) in [5, 5.41) is 1.34. The van der Waals surface area contributed by atoms with Crippen molar-refractivity contribution < 1.29 is 0 Å². The van der Waals surface area contributed by atoms with Crippen LogP contribution >= 0.6 is 15.9 Å². The number of H-pyrrole nitrogens is 1. The van der Waals surface area contributed by atoms with Crippen molar-refractivity contribution in [3.63, 3.8) is 0 Å². The SMILES string of the molecule is Brc1cccc2[nH]c(-c3ccccc3)c(CCN3CCCCC3)c12. The Morgan fingerprint density at radius 2 is 1.71 bits per heavy atom. The molecular formula is C21H23BrN2. The van der Waals surface area contributed by atoms with E-state index in [0.29, 0.717) is 0 Å². The number of hydrogen-bond acceptors (Lipinski definition) is 1. The number of halogens is 1. The molecule has 24 heavy (non-hydrogen) atoms. The van der Waals surface area contributed by atoms with Crippen LogP contribution in [0.5, 0.6) is 0 Å². The van der Waals surface area contributed by atoms with Crippen molar-refractivity contribution in [2.45, 2.75) is 25.7 Å². The normalized spacial score (nSPS) is 15.9. The lowest BCUT2D eigenvalue weighted by Crippen LogP contribution is -2.31. The second-order valence-electron chi connectivity index (χ2n) is 6.66. The first-order valence-electron chi connectivity index (χ1n) is 8.90. The van der Waals surface area contributed by atoms with Gasteiger partial charge in [-0.05, 0) is 55.6 Å². The molecule has 4 rings (SSSR count). The van der Waals surface area contributed by atoms with Crippen LogP contribution in [0.3, 0.4) is 0 Å². The fourth-order valence-corrected chi connectivity index (χ4v) is 4.43. The van der Waals surface area contributed by atoms with E-state index in [1.165, 1.54) is 64.5 Å². The summed E-state index contributed by atoms with van der Waals surface area (Å²) < 4.78 is 1.19. The highest BCUT2D eigenvalue weighted by atomic mass is 79.9. The molecule has 0 saturated carbocycles. The maximum atomic E-state index is 3.77. The lowest BCUT2D eigenvalue weighted by atomic mass is 10.0. The molecule has 0 radical (unpaired) electrons. The number of rotatable bonds is 4. The van der Waals surface area contributed by atoms with Gasteiger partial charge in [-0.15, -0.1) is 0 Å². The third-order valence-electron chi connectivity index (χ3n) is 5.07. The van der Waals surface area contributed by atoms with Crippen molar-refractivity contribution in [2.24, 2.45) is 0 Å². The van der Waals surface area contributed by atoms with Crippen molar-refractivity contribution in [3.05, 3.63) is 58.6 Å². The average molecular weight is 383 g/mol. The van der Waals surface area contributed by atoms with Gasteiger partial charge in [0, 0.05) is 27.6 Å². The fourth-order valence-electron chi connectivity index (χ4n) is 3.82. The lowest BCUT2D eigenvalue weighted by molar-refractivity contribution is 0.232. The Labute approximate surface area is 152 Å². The number of aromatic nitrogens is 1. The number of likely N-dealkylation sites (tertiary alicyclic amines) is 1. The minimum atomic E-state index is 1.09. The Morgan fingerprint density at radius 1 is 0.917 bits per heavy atom. The molecule has 0 aliphatic carbocycles. The molecule has 0 spiro atoms. The number of fused-ring (bicyclic) bond motifs is 1. The van der Waals surface area contributed by atoms with Crippen molar-refractivity contribution in [2.75, 3.05) is 19.6 Å². The molecule has 1 aliphatic rings. The molecule has 1 fully saturated rings. The van der Waals surface area contributed by atoms with Crippen LogP contribution in [0, 0.1) is 0 Å². The zero-order chi connectivity index (χ0) is 16.4. The zero-order valence-electron chi connectivity index (χ0n) is 13.9. The minimum absolute atomic E-state index is 1.09. The molecule has 3 heteroatoms. The molecule has 2 nitrogen and oxygen atoms in total. The molecule has 2 heterocycles. The maximum absolute atomic E-state index is 3.77. The fraction of sp³-hybridized carbons (Fsp3) is 0.333. The van der Waals surface area contributed by atoms with E-state index in [9.17, 15) is 0 Å². The minimum Gasteiger partial charge on any atom is -0.354 e. The third kappa shape index (κ3) is 3.15. The molecule has 1 aliphatic heterocycles. The first-order chi connectivity index (χ1) is 11.8. The molecule has 2 aromatic carbocycles. The molecule has 124 valence electrons. The molecule has 0 atom stereocenters. The van der Waals surface area contributed by atoms with Crippen LogP contribution < -0.4 is 0 Å². The van der Waals surface area contributed by atoms with Gasteiger partial charge in [-0.3, -0.25) is 0 Å². The van der Waals surface area contributed by atoms with E-state index in [-0.39, 0.29) is 0 Å². The van der Waals surface area contributed by atoms with Crippen LogP contribution in [-0.4, -0.2) is 29.5 Å². The van der Waals surface area contributed by atoms with Crippen LogP contribution in [0.25, 0.3) is 22.2 Å². The quantitative estimate of drug-likeness (QED) is 0.619. The van der Waals surface area contributed by atoms with Gasteiger partial charge in [0.1, 0.15) is 0 Å². The molecule has 0 amide bonds. The second kappa shape index (κ2) is 7.12. The Kier molecular flexibility index (Phi) is 4.72. The third-order valence-corrected chi connectivity index (χ3v) is 5.73. The smallest absolute Gasteiger partial charge is 0.0498 e. The topological polar surface area (TPSA) is 19.0 Å². The van der Waals surface area contributed by atoms with Gasteiger partial charge < -0.3 is 9.88 Å². The first-order valence-corrected chi connectivity index (χ1v) is 9.69. The zero-order valence-corrected chi connectivity index (χ0v) is 15.5. The molecule has 1 aromatic heterocycles. The Morgan fingerprint density at radius 3 is 2.50 bits per heavy atom. The highest BCUT2D eigenvalue weighted by Crippen LogP contribution is 2.35. The largest absolute Gasteiger partial charge is 0.354 e. The Balaban J connectivity index is 1.73. The van der Waals surface area contributed by atoms with Crippen LogP contribution in [0.4, 0.5) is 0 Å². The number of benzene rings is 2. The summed E-state index contributed by atoms with van der Waals surface area (Å²) in [5.74, 6) is 0. The second-order valence-corrected chi connectivity index (χ2v) is 7.51. The summed E-state index contributed by atoms with van der Waals surface area (Å²) in [6.45, 7) is 3.66. The first kappa shape index (κ1) is 15.9. The summed E-state index contributed by atoms with van der Waals surface area (Å²) in [4.78, 5) is 6.28. The van der Waals surface area contributed by atoms with Crippen LogP contribution in [0.2, 0.25) is 0 Å². The molecule has 1 saturated heterocycles. The highest BCUT2D eigenvalue weighted by molar-refractivity contribution is 9.10. The summed E-state index contributed by atoms with van der Waals surface area (Å²) in [7, 11) is 0. The Hall–Kier alpha value is -1.58. The van der Waals surface area contributed by atoms with E-state index in [1.54, 1.807) is 0 Å². The van der Waals surface area contributed by atoms with Crippen molar-refractivity contribution in [1.82, 2.24) is 9.88 Å². The van der Waals surface area contributed by atoms with E-state index < -0.39 is 0 Å². The summed E-state index contributed by atoms with van der Waals surface area (Å²) in [6.07, 6.45) is 5.18. The number of aromatic amines is 1. The van der Waals surface area contributed by atoms with Gasteiger partial charge in [-0.2, -0.15) is 0 Å². The van der Waals surface area contributed by atoms with E-state index in [2.05, 4.69) is 74.3 Å². The van der Waals surface area contributed by atoms with Crippen molar-refractivity contribution in [3.8, 4) is 11.3 Å². The van der Waals surface area contributed by atoms with Gasteiger partial charge in [-0.25, -0.2) is 0 Å². The number of nitrogens with zero attached hydrogens (tertiary/aromatic N) is 1. The maximum Gasteiger partial charge on any atom is 0.0498 e. The number of piperidine rings is 1. The van der Waals surface area contributed by atoms with Gasteiger partial charge in [0.15, 0.2) is 0 Å². The van der Waals surface area contributed by atoms with Gasteiger partial charge >= 0.3 is 0 Å². The highest BCUT2D eigenvalue weighted by Gasteiger charge is 2.17.